The van der Waals surface area contributed by atoms with E-state index >= 15 is 0 Å². The molecule has 0 radical (unpaired) electrons. The van der Waals surface area contributed by atoms with Crippen LogP contribution in [0.5, 0.6) is 17.4 Å². The summed E-state index contributed by atoms with van der Waals surface area (Å²) in [4.78, 5) is 0. The normalized spacial score (nSPS) is 11.8. The van der Waals surface area contributed by atoms with Crippen molar-refractivity contribution in [1.82, 2.24) is 10.2 Å². The minimum Gasteiger partial charge on any atom is -0.489 e. The van der Waals surface area contributed by atoms with Crippen LogP contribution in [0.3, 0.4) is 0 Å². The molecule has 3 rings (SSSR count). The first-order valence-electron chi connectivity index (χ1n) is 8.37. The predicted octanol–water partition coefficient (Wildman–Crippen LogP) is 3.42. The molecule has 0 bridgehead atoms. The van der Waals surface area contributed by atoms with Gasteiger partial charge in [-0.2, -0.15) is 0 Å². The van der Waals surface area contributed by atoms with Gasteiger partial charge < -0.3 is 19.3 Å². The van der Waals surface area contributed by atoms with Crippen LogP contribution in [0.25, 0.3) is 11.3 Å². The first-order valence-corrected chi connectivity index (χ1v) is 8.37. The third kappa shape index (κ3) is 4.34. The Hall–Kier alpha value is -2.99. The molecule has 3 aromatic rings. The fourth-order valence-electron chi connectivity index (χ4n) is 2.45. The van der Waals surface area contributed by atoms with Gasteiger partial charge in [0.05, 0.1) is 19.4 Å². The van der Waals surface area contributed by atoms with E-state index in [4.69, 9.17) is 14.2 Å². The minimum atomic E-state index is -0.324. The maximum Gasteiger partial charge on any atom is 0.232 e. The van der Waals surface area contributed by atoms with Crippen molar-refractivity contribution in [2.75, 3.05) is 13.7 Å². The quantitative estimate of drug-likeness (QED) is 0.648. The summed E-state index contributed by atoms with van der Waals surface area (Å²) < 4.78 is 16.9. The van der Waals surface area contributed by atoms with E-state index in [1.165, 1.54) is 0 Å². The van der Waals surface area contributed by atoms with Gasteiger partial charge in [-0.05, 0) is 30.7 Å². The second-order valence-corrected chi connectivity index (χ2v) is 5.87. The summed E-state index contributed by atoms with van der Waals surface area (Å²) >= 11 is 0. The van der Waals surface area contributed by atoms with Crippen LogP contribution in [0.1, 0.15) is 12.5 Å². The SMILES string of the molecule is COc1cc(-c2cc(OCc3ccccc3)ccc2OC(C)CO)[nH]n1. The number of H-pyrrole nitrogens is 1. The summed E-state index contributed by atoms with van der Waals surface area (Å²) in [5.41, 5.74) is 2.62. The maximum atomic E-state index is 9.27. The third-order valence-corrected chi connectivity index (χ3v) is 3.84. The molecule has 0 aliphatic heterocycles. The van der Waals surface area contributed by atoms with Gasteiger partial charge in [-0.15, -0.1) is 5.10 Å². The van der Waals surface area contributed by atoms with Crippen LogP contribution in [-0.4, -0.2) is 35.1 Å². The molecule has 26 heavy (non-hydrogen) atoms. The molecule has 0 fully saturated rings. The smallest absolute Gasteiger partial charge is 0.232 e. The van der Waals surface area contributed by atoms with Crippen LogP contribution in [-0.2, 0) is 6.61 Å². The molecule has 0 aliphatic rings. The number of nitrogens with zero attached hydrogens (tertiary/aromatic N) is 1. The Kier molecular flexibility index (Phi) is 5.76. The molecule has 1 aromatic heterocycles. The number of hydrogen-bond donors (Lipinski definition) is 2. The molecule has 1 atom stereocenters. The van der Waals surface area contributed by atoms with Gasteiger partial charge in [0.15, 0.2) is 0 Å². The van der Waals surface area contributed by atoms with E-state index < -0.39 is 0 Å². The highest BCUT2D eigenvalue weighted by atomic mass is 16.5. The Balaban J connectivity index is 1.86. The topological polar surface area (TPSA) is 76.6 Å². The van der Waals surface area contributed by atoms with Crippen molar-refractivity contribution in [2.24, 2.45) is 0 Å². The Morgan fingerprint density at radius 1 is 1.12 bits per heavy atom. The number of methoxy groups -OCH3 is 1. The number of hydrogen-bond acceptors (Lipinski definition) is 5. The zero-order valence-corrected chi connectivity index (χ0v) is 14.8. The largest absolute Gasteiger partial charge is 0.489 e. The monoisotopic (exact) mass is 354 g/mol. The fourth-order valence-corrected chi connectivity index (χ4v) is 2.45. The van der Waals surface area contributed by atoms with Crippen molar-refractivity contribution in [3.05, 3.63) is 60.2 Å². The molecule has 1 unspecified atom stereocenters. The van der Waals surface area contributed by atoms with Crippen LogP contribution in [0.15, 0.2) is 54.6 Å². The van der Waals surface area contributed by atoms with E-state index in [0.29, 0.717) is 24.0 Å². The number of aromatic amines is 1. The van der Waals surface area contributed by atoms with Crippen molar-refractivity contribution in [2.45, 2.75) is 19.6 Å². The standard InChI is InChI=1S/C20H22N2O4/c1-14(12-23)26-19-9-8-16(25-13-15-6-4-3-5-7-15)10-17(19)18-11-20(24-2)22-21-18/h3-11,14,23H,12-13H2,1-2H3,(H,21,22). The predicted molar refractivity (Wildman–Crippen MR) is 98.5 cm³/mol. The molecule has 2 N–H and O–H groups in total. The summed E-state index contributed by atoms with van der Waals surface area (Å²) in [5, 5.41) is 16.3. The summed E-state index contributed by atoms with van der Waals surface area (Å²) in [6, 6.07) is 17.3. The Labute approximate surface area is 152 Å². The Morgan fingerprint density at radius 2 is 1.92 bits per heavy atom. The average Bonchev–Trinajstić information content (AvgIpc) is 3.17. The molecule has 136 valence electrons. The van der Waals surface area contributed by atoms with E-state index in [9.17, 15) is 5.11 Å². The van der Waals surface area contributed by atoms with E-state index in [1.807, 2.05) is 48.5 Å². The highest BCUT2D eigenvalue weighted by molar-refractivity contribution is 5.69. The number of benzene rings is 2. The first kappa shape index (κ1) is 17.8. The lowest BCUT2D eigenvalue weighted by Gasteiger charge is -2.16. The van der Waals surface area contributed by atoms with Gasteiger partial charge in [0.25, 0.3) is 0 Å². The van der Waals surface area contributed by atoms with Gasteiger partial charge in [-0.3, -0.25) is 5.10 Å². The zero-order chi connectivity index (χ0) is 18.4. The van der Waals surface area contributed by atoms with Crippen molar-refractivity contribution < 1.29 is 19.3 Å². The molecule has 0 saturated carbocycles. The van der Waals surface area contributed by atoms with Crippen molar-refractivity contribution in [3.63, 3.8) is 0 Å². The van der Waals surface area contributed by atoms with Crippen molar-refractivity contribution >= 4 is 0 Å². The fraction of sp³-hybridized carbons (Fsp3) is 0.250. The van der Waals surface area contributed by atoms with Gasteiger partial charge >= 0.3 is 0 Å². The second-order valence-electron chi connectivity index (χ2n) is 5.87. The molecule has 0 saturated heterocycles. The zero-order valence-electron chi connectivity index (χ0n) is 14.8. The number of aromatic nitrogens is 2. The average molecular weight is 354 g/mol. The summed E-state index contributed by atoms with van der Waals surface area (Å²) in [6.45, 7) is 2.20. The molecule has 0 amide bonds. The lowest BCUT2D eigenvalue weighted by Crippen LogP contribution is -2.16. The molecular weight excluding hydrogens is 332 g/mol. The van der Waals surface area contributed by atoms with E-state index in [0.717, 1.165) is 16.8 Å². The summed E-state index contributed by atoms with van der Waals surface area (Å²) in [5.74, 6) is 1.82. The van der Waals surface area contributed by atoms with Gasteiger partial charge in [-0.25, -0.2) is 0 Å². The highest BCUT2D eigenvalue weighted by Crippen LogP contribution is 2.34. The Morgan fingerprint density at radius 3 is 2.62 bits per heavy atom. The van der Waals surface area contributed by atoms with Gasteiger partial charge in [-0.1, -0.05) is 30.3 Å². The molecule has 0 spiro atoms. The lowest BCUT2D eigenvalue weighted by atomic mass is 10.1. The van der Waals surface area contributed by atoms with Crippen molar-refractivity contribution in [3.8, 4) is 28.6 Å². The van der Waals surface area contributed by atoms with Crippen LogP contribution < -0.4 is 14.2 Å². The first-order chi connectivity index (χ1) is 12.7. The number of rotatable bonds is 8. The van der Waals surface area contributed by atoms with Crippen LogP contribution in [0, 0.1) is 0 Å². The van der Waals surface area contributed by atoms with Crippen molar-refractivity contribution in [1.29, 1.82) is 0 Å². The highest BCUT2D eigenvalue weighted by Gasteiger charge is 2.14. The van der Waals surface area contributed by atoms with E-state index in [2.05, 4.69) is 10.2 Å². The molecule has 2 aromatic carbocycles. The van der Waals surface area contributed by atoms with E-state index in [-0.39, 0.29) is 12.7 Å². The van der Waals surface area contributed by atoms with Crippen LogP contribution in [0.4, 0.5) is 0 Å². The molecular formula is C20H22N2O4. The summed E-state index contributed by atoms with van der Waals surface area (Å²) in [6.07, 6.45) is -0.324. The minimum absolute atomic E-state index is 0.0714. The van der Waals surface area contributed by atoms with Gasteiger partial charge in [0.2, 0.25) is 5.88 Å². The van der Waals surface area contributed by atoms with E-state index in [1.54, 1.807) is 20.1 Å². The molecule has 6 heteroatoms. The van der Waals surface area contributed by atoms with Crippen LogP contribution >= 0.6 is 0 Å². The summed E-state index contributed by atoms with van der Waals surface area (Å²) in [7, 11) is 1.56. The molecule has 0 aliphatic carbocycles. The second kappa shape index (κ2) is 8.40. The van der Waals surface area contributed by atoms with Gasteiger partial charge in [0, 0.05) is 11.6 Å². The van der Waals surface area contributed by atoms with Crippen LogP contribution in [0.2, 0.25) is 0 Å². The molecule has 6 nitrogen and oxygen atoms in total. The number of ether oxygens (including phenoxy) is 3. The number of aliphatic hydroxyl groups excluding tert-OH is 1. The van der Waals surface area contributed by atoms with Gasteiger partial charge in [0.1, 0.15) is 24.2 Å². The third-order valence-electron chi connectivity index (χ3n) is 3.84. The maximum absolute atomic E-state index is 9.27. The lowest BCUT2D eigenvalue weighted by molar-refractivity contribution is 0.130. The molecule has 1 heterocycles. The Bertz CT molecular complexity index is 833. The number of nitrogens with one attached hydrogen (secondary N) is 1. The number of aliphatic hydroxyl groups is 1.